The molecule has 0 aliphatic carbocycles. The van der Waals surface area contributed by atoms with Gasteiger partial charge in [0.05, 0.1) is 28.0 Å². The molecule has 370 valence electrons. The van der Waals surface area contributed by atoms with Gasteiger partial charge >= 0.3 is 0 Å². The molecule has 0 fully saturated rings. The first-order valence-corrected chi connectivity index (χ1v) is 26.1. The van der Waals surface area contributed by atoms with E-state index in [1.54, 1.807) is 0 Å². The van der Waals surface area contributed by atoms with Crippen LogP contribution in [-0.2, 0) is 21.7 Å². The van der Waals surface area contributed by atoms with Crippen LogP contribution in [0.25, 0.3) is 95.0 Å². The number of benzene rings is 8. The van der Waals surface area contributed by atoms with E-state index in [0.717, 1.165) is 83.6 Å². The molecule has 0 atom stereocenters. The monoisotopic (exact) mass is 968 g/mol. The molecule has 2 heterocycles. The maximum atomic E-state index is 12.8. The molecule has 4 nitrogen and oxygen atoms in total. The first-order chi connectivity index (χ1) is 35.1. The van der Waals surface area contributed by atoms with Gasteiger partial charge in [-0.15, -0.1) is 0 Å². The Hall–Kier alpha value is -7.82. The molecule has 0 aliphatic rings. The summed E-state index contributed by atoms with van der Waals surface area (Å²) in [6.45, 7) is 27.0. The third-order valence-electron chi connectivity index (χ3n) is 14.6. The minimum Gasteiger partial charge on any atom is -0.507 e. The molecule has 0 saturated carbocycles. The topological polar surface area (TPSA) is 50.9 Å². The van der Waals surface area contributed by atoms with Gasteiger partial charge in [-0.3, -0.25) is 9.55 Å². The fourth-order valence-electron chi connectivity index (χ4n) is 10.3. The van der Waals surface area contributed by atoms with E-state index in [4.69, 9.17) is 9.97 Å². The van der Waals surface area contributed by atoms with Crippen LogP contribution in [0, 0.1) is 0 Å². The molecule has 0 saturated heterocycles. The van der Waals surface area contributed by atoms with E-state index in [1.165, 1.54) is 22.3 Å². The number of phenolic OH excluding ortho intramolecular Hbond substituents is 1. The van der Waals surface area contributed by atoms with Gasteiger partial charge in [-0.2, -0.15) is 0 Å². The normalized spacial score (nSPS) is 12.4. The van der Waals surface area contributed by atoms with Crippen LogP contribution in [0.1, 0.15) is 105 Å². The zero-order chi connectivity index (χ0) is 52.3. The minimum atomic E-state index is -0.354. The van der Waals surface area contributed by atoms with Gasteiger partial charge in [0.25, 0.3) is 0 Å². The molecule has 8 aromatic carbocycles. The predicted octanol–water partition coefficient (Wildman–Crippen LogP) is 19.0. The Bertz CT molecular complexity index is 3670. The molecule has 0 aliphatic heterocycles. The Labute approximate surface area is 439 Å². The Kier molecular flexibility index (Phi) is 12.7. The third kappa shape index (κ3) is 9.74. The van der Waals surface area contributed by atoms with E-state index < -0.39 is 0 Å². The molecule has 0 spiro atoms. The molecule has 2 aromatic heterocycles. The zero-order valence-corrected chi connectivity index (χ0v) is 45.3. The van der Waals surface area contributed by atoms with Crippen LogP contribution in [0.15, 0.2) is 194 Å². The van der Waals surface area contributed by atoms with Gasteiger partial charge in [0, 0.05) is 28.5 Å². The predicted molar refractivity (Wildman–Crippen MR) is 313 cm³/mol. The third-order valence-corrected chi connectivity index (χ3v) is 14.6. The number of para-hydroxylation sites is 1. The Morgan fingerprint density at radius 1 is 0.365 bits per heavy atom. The highest BCUT2D eigenvalue weighted by molar-refractivity contribution is 5.98. The first kappa shape index (κ1) is 49.7. The summed E-state index contributed by atoms with van der Waals surface area (Å²) in [5, 5.41) is 12.8. The highest BCUT2D eigenvalue weighted by atomic mass is 16.3. The average Bonchev–Trinajstić information content (AvgIpc) is 3.77. The van der Waals surface area contributed by atoms with Crippen molar-refractivity contribution in [1.29, 1.82) is 0 Å². The van der Waals surface area contributed by atoms with Crippen molar-refractivity contribution < 1.29 is 5.11 Å². The van der Waals surface area contributed by atoms with E-state index >= 15 is 0 Å². The molecule has 0 amide bonds. The van der Waals surface area contributed by atoms with Crippen LogP contribution in [0.5, 0.6) is 5.75 Å². The van der Waals surface area contributed by atoms with Gasteiger partial charge in [0.15, 0.2) is 0 Å². The number of hydrogen-bond acceptors (Lipinski definition) is 3. The molecule has 74 heavy (non-hydrogen) atoms. The SMILES string of the molecule is CC(C)(C)c1cc(-c2cc(-c3ccc(-c4ccccc4)cc3)ccn2)cc(-c2cccc3c2nc(-c2cc(C(C)(C)C)cc(C(C)(C)C)c2O)n3-c2cc(-c3ccccc3)c(C(C)(C)C)cc2-c2ccccc2)c1. The van der Waals surface area contributed by atoms with Gasteiger partial charge in [0.2, 0.25) is 0 Å². The molecule has 4 heteroatoms. The number of aromatic hydroxyl groups is 1. The van der Waals surface area contributed by atoms with E-state index in [2.05, 4.69) is 276 Å². The Balaban J connectivity index is 1.26. The second-order valence-corrected chi connectivity index (χ2v) is 24.2. The largest absolute Gasteiger partial charge is 0.507 e. The molecular weight excluding hydrogens is 899 g/mol. The highest BCUT2D eigenvalue weighted by Crippen LogP contribution is 2.48. The highest BCUT2D eigenvalue weighted by Gasteiger charge is 2.31. The molecule has 0 bridgehead atoms. The number of nitrogens with zero attached hydrogens (tertiary/aromatic N) is 3. The lowest BCUT2D eigenvalue weighted by Crippen LogP contribution is -2.17. The zero-order valence-electron chi connectivity index (χ0n) is 45.3. The average molecular weight is 968 g/mol. The number of phenols is 1. The summed E-state index contributed by atoms with van der Waals surface area (Å²) >= 11 is 0. The number of fused-ring (bicyclic) bond motifs is 1. The van der Waals surface area contributed by atoms with Crippen molar-refractivity contribution >= 4 is 11.0 Å². The van der Waals surface area contributed by atoms with Gasteiger partial charge in [-0.05, 0) is 131 Å². The van der Waals surface area contributed by atoms with E-state index in [0.29, 0.717) is 11.4 Å². The second kappa shape index (κ2) is 18.9. The van der Waals surface area contributed by atoms with Crippen molar-refractivity contribution in [2.24, 2.45) is 0 Å². The fraction of sp³-hybridized carbons (Fsp3) is 0.229. The van der Waals surface area contributed by atoms with Crippen molar-refractivity contribution in [2.75, 3.05) is 0 Å². The van der Waals surface area contributed by atoms with E-state index in [9.17, 15) is 5.11 Å². The van der Waals surface area contributed by atoms with Gasteiger partial charge in [-0.1, -0.05) is 223 Å². The summed E-state index contributed by atoms with van der Waals surface area (Å²) in [7, 11) is 0. The maximum Gasteiger partial charge on any atom is 0.149 e. The van der Waals surface area contributed by atoms with Crippen molar-refractivity contribution in [1.82, 2.24) is 14.5 Å². The molecule has 1 N–H and O–H groups in total. The van der Waals surface area contributed by atoms with Gasteiger partial charge in [0.1, 0.15) is 11.6 Å². The summed E-state index contributed by atoms with van der Waals surface area (Å²) in [5.74, 6) is 0.929. The van der Waals surface area contributed by atoms with Crippen LogP contribution in [0.2, 0.25) is 0 Å². The lowest BCUT2D eigenvalue weighted by atomic mass is 9.78. The summed E-state index contributed by atoms with van der Waals surface area (Å²) < 4.78 is 2.33. The lowest BCUT2D eigenvalue weighted by molar-refractivity contribution is 0.446. The fourth-order valence-corrected chi connectivity index (χ4v) is 10.3. The van der Waals surface area contributed by atoms with Crippen molar-refractivity contribution in [3.05, 3.63) is 217 Å². The number of imidazole rings is 1. The molecule has 0 radical (unpaired) electrons. The van der Waals surface area contributed by atoms with E-state index in [1.807, 2.05) is 6.20 Å². The summed E-state index contributed by atoms with van der Waals surface area (Å²) in [6.07, 6.45) is 1.93. The number of aromatic nitrogens is 3. The quantitative estimate of drug-likeness (QED) is 0.165. The summed E-state index contributed by atoms with van der Waals surface area (Å²) in [4.78, 5) is 10.8. The maximum absolute atomic E-state index is 12.8. The number of hydrogen-bond donors (Lipinski definition) is 1. The number of rotatable bonds is 8. The van der Waals surface area contributed by atoms with Gasteiger partial charge in [-0.25, -0.2) is 4.98 Å². The van der Waals surface area contributed by atoms with Crippen molar-refractivity contribution in [3.63, 3.8) is 0 Å². The van der Waals surface area contributed by atoms with Crippen molar-refractivity contribution in [2.45, 2.75) is 105 Å². The minimum absolute atomic E-state index is 0.177. The Morgan fingerprint density at radius 2 is 0.892 bits per heavy atom. The van der Waals surface area contributed by atoms with Gasteiger partial charge < -0.3 is 5.11 Å². The summed E-state index contributed by atoms with van der Waals surface area (Å²) in [5.41, 5.74) is 20.1. The second-order valence-electron chi connectivity index (χ2n) is 24.2. The van der Waals surface area contributed by atoms with Crippen LogP contribution < -0.4 is 0 Å². The standard InChI is InChI=1S/C70H69N3O/c1-67(2,3)53-38-51(37-52(39-53)61-40-50(35-36-71-61)47-33-31-46(32-34-47)45-23-16-13-17-24-45)55-29-22-30-62-64(55)72-66(58-41-54(68(4,5)6)42-60(65(58)74)70(10,11)12)73(62)63-44-56(48-25-18-14-19-26-48)59(69(7,8)9)43-57(63)49-27-20-15-21-28-49/h13-44,74H,1-12H3. The first-order valence-electron chi connectivity index (χ1n) is 26.1. The molecule has 0 unspecified atom stereocenters. The van der Waals surface area contributed by atoms with Crippen molar-refractivity contribution in [3.8, 4) is 89.7 Å². The summed E-state index contributed by atoms with van der Waals surface area (Å²) in [6, 6.07) is 67.7. The van der Waals surface area contributed by atoms with Crippen LogP contribution in [-0.4, -0.2) is 19.6 Å². The Morgan fingerprint density at radius 3 is 1.47 bits per heavy atom. The number of pyridine rings is 1. The van der Waals surface area contributed by atoms with Crippen LogP contribution in [0.4, 0.5) is 0 Å². The molecule has 10 rings (SSSR count). The van der Waals surface area contributed by atoms with Crippen LogP contribution >= 0.6 is 0 Å². The smallest absolute Gasteiger partial charge is 0.149 e. The lowest BCUT2D eigenvalue weighted by Gasteiger charge is -2.28. The molecular formula is C70H69N3O. The van der Waals surface area contributed by atoms with Crippen LogP contribution in [0.3, 0.4) is 0 Å². The van der Waals surface area contributed by atoms with E-state index in [-0.39, 0.29) is 27.4 Å². The molecule has 10 aromatic rings.